The van der Waals surface area contributed by atoms with Gasteiger partial charge in [0.15, 0.2) is 0 Å². The van der Waals surface area contributed by atoms with Crippen molar-refractivity contribution in [1.29, 1.82) is 0 Å². The van der Waals surface area contributed by atoms with Crippen molar-refractivity contribution >= 4 is 0 Å². The quantitative estimate of drug-likeness (QED) is 0.651. The van der Waals surface area contributed by atoms with Crippen LogP contribution in [-0.4, -0.2) is 18.1 Å². The first-order valence-electron chi connectivity index (χ1n) is 5.25. The van der Waals surface area contributed by atoms with Gasteiger partial charge in [0.1, 0.15) is 0 Å². The van der Waals surface area contributed by atoms with Gasteiger partial charge in [-0.15, -0.1) is 0 Å². The van der Waals surface area contributed by atoms with Gasteiger partial charge in [-0.2, -0.15) is 0 Å². The molecule has 0 amide bonds. The Morgan fingerprint density at radius 3 is 2.33 bits per heavy atom. The maximum Gasteiger partial charge on any atom is 0.00849 e. The molecular weight excluding hydrogens is 148 g/mol. The summed E-state index contributed by atoms with van der Waals surface area (Å²) >= 11 is 0. The number of nitrogens with one attached hydrogen (secondary N) is 1. The highest BCUT2D eigenvalue weighted by Crippen LogP contribution is 2.28. The first kappa shape index (κ1) is 8.52. The molecule has 2 heteroatoms. The normalized spacial score (nSPS) is 47.5. The Labute approximate surface area is 74.9 Å². The van der Waals surface area contributed by atoms with Crippen molar-refractivity contribution in [3.8, 4) is 0 Å². The molecule has 0 aliphatic heterocycles. The SMILES string of the molecule is CC1CC(NC2CCC(N)C2)C1. The van der Waals surface area contributed by atoms with Crippen LogP contribution in [0.2, 0.25) is 0 Å². The van der Waals surface area contributed by atoms with Gasteiger partial charge in [0.25, 0.3) is 0 Å². The largest absolute Gasteiger partial charge is 0.328 e. The molecule has 2 nitrogen and oxygen atoms in total. The van der Waals surface area contributed by atoms with Crippen LogP contribution in [-0.2, 0) is 0 Å². The number of rotatable bonds is 2. The Bertz CT molecular complexity index is 152. The monoisotopic (exact) mass is 168 g/mol. The molecule has 0 saturated heterocycles. The maximum atomic E-state index is 5.85. The van der Waals surface area contributed by atoms with Gasteiger partial charge in [-0.05, 0) is 38.0 Å². The highest BCUT2D eigenvalue weighted by molar-refractivity contribution is 4.89. The zero-order valence-electron chi connectivity index (χ0n) is 7.92. The van der Waals surface area contributed by atoms with Crippen LogP contribution in [0.3, 0.4) is 0 Å². The van der Waals surface area contributed by atoms with E-state index in [9.17, 15) is 0 Å². The van der Waals surface area contributed by atoms with Crippen molar-refractivity contribution < 1.29 is 0 Å². The second-order valence-electron chi connectivity index (χ2n) is 4.71. The third-order valence-corrected chi connectivity index (χ3v) is 3.32. The van der Waals surface area contributed by atoms with E-state index in [0.29, 0.717) is 6.04 Å². The smallest absolute Gasteiger partial charge is 0.00849 e. The lowest BCUT2D eigenvalue weighted by molar-refractivity contribution is 0.222. The molecule has 2 aliphatic carbocycles. The summed E-state index contributed by atoms with van der Waals surface area (Å²) in [6.07, 6.45) is 6.48. The minimum atomic E-state index is 0.472. The summed E-state index contributed by atoms with van der Waals surface area (Å²) in [5, 5.41) is 3.70. The van der Waals surface area contributed by atoms with Gasteiger partial charge in [-0.3, -0.25) is 0 Å². The molecule has 2 aliphatic rings. The molecule has 2 fully saturated rings. The van der Waals surface area contributed by atoms with Crippen LogP contribution >= 0.6 is 0 Å². The summed E-state index contributed by atoms with van der Waals surface area (Å²) in [5.41, 5.74) is 5.85. The Hall–Kier alpha value is -0.0800. The standard InChI is InChI=1S/C10H20N2/c1-7-4-10(5-7)12-9-3-2-8(11)6-9/h7-10,12H,2-6,11H2,1H3. The van der Waals surface area contributed by atoms with Gasteiger partial charge in [0.2, 0.25) is 0 Å². The zero-order valence-corrected chi connectivity index (χ0v) is 7.92. The van der Waals surface area contributed by atoms with E-state index in [-0.39, 0.29) is 0 Å². The van der Waals surface area contributed by atoms with Gasteiger partial charge in [-0.1, -0.05) is 6.92 Å². The third kappa shape index (κ3) is 1.80. The van der Waals surface area contributed by atoms with Crippen molar-refractivity contribution in [2.75, 3.05) is 0 Å². The van der Waals surface area contributed by atoms with Crippen LogP contribution in [0, 0.1) is 5.92 Å². The van der Waals surface area contributed by atoms with E-state index in [1.54, 1.807) is 0 Å². The highest BCUT2D eigenvalue weighted by Gasteiger charge is 2.29. The molecule has 70 valence electrons. The summed E-state index contributed by atoms with van der Waals surface area (Å²) in [6.45, 7) is 2.33. The first-order valence-corrected chi connectivity index (χ1v) is 5.25. The minimum Gasteiger partial charge on any atom is -0.328 e. The molecule has 0 bridgehead atoms. The zero-order chi connectivity index (χ0) is 8.55. The Morgan fingerprint density at radius 2 is 1.83 bits per heavy atom. The van der Waals surface area contributed by atoms with Gasteiger partial charge < -0.3 is 11.1 Å². The van der Waals surface area contributed by atoms with Crippen molar-refractivity contribution in [2.24, 2.45) is 11.7 Å². The lowest BCUT2D eigenvalue weighted by atomic mass is 9.81. The molecular formula is C10H20N2. The molecule has 0 aromatic carbocycles. The van der Waals surface area contributed by atoms with E-state index in [1.165, 1.54) is 32.1 Å². The summed E-state index contributed by atoms with van der Waals surface area (Å²) in [4.78, 5) is 0. The second-order valence-corrected chi connectivity index (χ2v) is 4.71. The molecule has 2 saturated carbocycles. The number of hydrogen-bond donors (Lipinski definition) is 2. The lowest BCUT2D eigenvalue weighted by Crippen LogP contribution is -2.45. The number of hydrogen-bond acceptors (Lipinski definition) is 2. The van der Waals surface area contributed by atoms with Gasteiger partial charge in [-0.25, -0.2) is 0 Å². The van der Waals surface area contributed by atoms with Crippen LogP contribution in [0.15, 0.2) is 0 Å². The Morgan fingerprint density at radius 1 is 1.08 bits per heavy atom. The van der Waals surface area contributed by atoms with E-state index < -0.39 is 0 Å². The van der Waals surface area contributed by atoms with E-state index >= 15 is 0 Å². The molecule has 0 heterocycles. The van der Waals surface area contributed by atoms with E-state index in [1.807, 2.05) is 0 Å². The predicted octanol–water partition coefficient (Wildman–Crippen LogP) is 1.25. The van der Waals surface area contributed by atoms with Gasteiger partial charge in [0, 0.05) is 18.1 Å². The van der Waals surface area contributed by atoms with E-state index in [4.69, 9.17) is 5.73 Å². The second kappa shape index (κ2) is 3.35. The van der Waals surface area contributed by atoms with Crippen LogP contribution in [0.25, 0.3) is 0 Å². The molecule has 3 N–H and O–H groups in total. The van der Waals surface area contributed by atoms with Crippen LogP contribution < -0.4 is 11.1 Å². The topological polar surface area (TPSA) is 38.0 Å². The van der Waals surface area contributed by atoms with Crippen LogP contribution in [0.1, 0.15) is 39.0 Å². The van der Waals surface area contributed by atoms with Gasteiger partial charge in [0.05, 0.1) is 0 Å². The third-order valence-electron chi connectivity index (χ3n) is 3.32. The minimum absolute atomic E-state index is 0.472. The van der Waals surface area contributed by atoms with Crippen molar-refractivity contribution in [2.45, 2.75) is 57.2 Å². The molecule has 0 radical (unpaired) electrons. The molecule has 0 aromatic rings. The fraction of sp³-hybridized carbons (Fsp3) is 1.00. The summed E-state index contributed by atoms with van der Waals surface area (Å²) in [6, 6.07) is 2.02. The molecule has 2 unspecified atom stereocenters. The average molecular weight is 168 g/mol. The first-order chi connectivity index (χ1) is 5.74. The molecule has 0 aromatic heterocycles. The van der Waals surface area contributed by atoms with E-state index in [0.717, 1.165) is 18.0 Å². The number of nitrogens with two attached hydrogens (primary N) is 1. The summed E-state index contributed by atoms with van der Waals surface area (Å²) in [7, 11) is 0. The fourth-order valence-corrected chi connectivity index (χ4v) is 2.54. The highest BCUT2D eigenvalue weighted by atomic mass is 15.0. The lowest BCUT2D eigenvalue weighted by Gasteiger charge is -2.35. The Kier molecular flexibility index (Phi) is 2.37. The summed E-state index contributed by atoms with van der Waals surface area (Å²) in [5.74, 6) is 0.956. The van der Waals surface area contributed by atoms with Gasteiger partial charge >= 0.3 is 0 Å². The molecule has 2 atom stereocenters. The van der Waals surface area contributed by atoms with E-state index in [2.05, 4.69) is 12.2 Å². The predicted molar refractivity (Wildman–Crippen MR) is 50.9 cm³/mol. The summed E-state index contributed by atoms with van der Waals surface area (Å²) < 4.78 is 0. The average Bonchev–Trinajstić information content (AvgIpc) is 2.33. The van der Waals surface area contributed by atoms with Crippen molar-refractivity contribution in [3.63, 3.8) is 0 Å². The Balaban J connectivity index is 1.67. The fourth-order valence-electron chi connectivity index (χ4n) is 2.54. The molecule has 12 heavy (non-hydrogen) atoms. The molecule has 2 rings (SSSR count). The molecule has 0 spiro atoms. The van der Waals surface area contributed by atoms with Crippen LogP contribution in [0.5, 0.6) is 0 Å². The van der Waals surface area contributed by atoms with Crippen molar-refractivity contribution in [1.82, 2.24) is 5.32 Å². The van der Waals surface area contributed by atoms with Crippen LogP contribution in [0.4, 0.5) is 0 Å². The maximum absolute atomic E-state index is 5.85. The van der Waals surface area contributed by atoms with Crippen molar-refractivity contribution in [3.05, 3.63) is 0 Å².